The van der Waals surface area contributed by atoms with Crippen molar-refractivity contribution in [2.24, 2.45) is 0 Å². The molecule has 1 heterocycles. The molecule has 0 saturated carbocycles. The van der Waals surface area contributed by atoms with Crippen LogP contribution in [0.15, 0.2) is 24.3 Å². The van der Waals surface area contributed by atoms with Gasteiger partial charge in [-0.3, -0.25) is 10.1 Å². The highest BCUT2D eigenvalue weighted by molar-refractivity contribution is 7.15. The Morgan fingerprint density at radius 2 is 2.14 bits per heavy atom. The number of halogens is 3. The molecule has 2 aromatic rings. The average molecular weight is 331 g/mol. The van der Waals surface area contributed by atoms with Crippen LogP contribution in [0, 0.1) is 0 Å². The van der Waals surface area contributed by atoms with Gasteiger partial charge in [-0.1, -0.05) is 24.3 Å². The average Bonchev–Trinajstić information content (AvgIpc) is 2.92. The van der Waals surface area contributed by atoms with Crippen molar-refractivity contribution in [3.8, 4) is 5.75 Å². The molecule has 0 fully saturated rings. The summed E-state index contributed by atoms with van der Waals surface area (Å²) in [6.45, 7) is 1.49. The predicted molar refractivity (Wildman–Crippen MR) is 74.9 cm³/mol. The first-order valence-electron chi connectivity index (χ1n) is 6.30. The summed E-state index contributed by atoms with van der Waals surface area (Å²) in [5, 5.41) is 11.2. The van der Waals surface area contributed by atoms with Crippen molar-refractivity contribution in [2.75, 3.05) is 11.9 Å². The Bertz CT molecular complexity index is 658. The first-order valence-corrected chi connectivity index (χ1v) is 7.12. The maximum Gasteiger partial charge on any atom is 0.416 e. The van der Waals surface area contributed by atoms with E-state index >= 15 is 0 Å². The number of anilines is 1. The summed E-state index contributed by atoms with van der Waals surface area (Å²) in [7, 11) is 0. The van der Waals surface area contributed by atoms with Crippen LogP contribution in [-0.2, 0) is 17.4 Å². The number of hydrogen-bond acceptors (Lipinski definition) is 5. The second kappa shape index (κ2) is 6.73. The number of aromatic nitrogens is 2. The molecule has 118 valence electrons. The van der Waals surface area contributed by atoms with Gasteiger partial charge in [0.25, 0.3) is 5.91 Å². The Morgan fingerprint density at radius 3 is 2.77 bits per heavy atom. The number of amides is 1. The van der Waals surface area contributed by atoms with Crippen LogP contribution in [0.25, 0.3) is 0 Å². The number of ether oxygens (including phenoxy) is 1. The van der Waals surface area contributed by atoms with Crippen LogP contribution in [0.5, 0.6) is 5.75 Å². The Hall–Kier alpha value is -2.16. The molecule has 0 aliphatic heterocycles. The number of hydrogen-bond donors (Lipinski definition) is 1. The fourth-order valence-corrected chi connectivity index (χ4v) is 2.21. The molecular formula is C13H12F3N3O2S. The van der Waals surface area contributed by atoms with E-state index in [2.05, 4.69) is 15.5 Å². The van der Waals surface area contributed by atoms with Gasteiger partial charge in [0.2, 0.25) is 5.13 Å². The zero-order chi connectivity index (χ0) is 16.2. The summed E-state index contributed by atoms with van der Waals surface area (Å²) in [5.41, 5.74) is -0.831. The SMILES string of the molecule is CCc1nnc(NC(=O)COc2cccc(C(F)(F)F)c2)s1. The van der Waals surface area contributed by atoms with E-state index in [0.717, 1.165) is 17.1 Å². The number of nitrogens with zero attached hydrogens (tertiary/aromatic N) is 2. The first-order chi connectivity index (χ1) is 10.4. The van der Waals surface area contributed by atoms with E-state index in [1.165, 1.54) is 23.5 Å². The van der Waals surface area contributed by atoms with Crippen LogP contribution in [0.2, 0.25) is 0 Å². The Kier molecular flexibility index (Phi) is 4.96. The lowest BCUT2D eigenvalue weighted by Crippen LogP contribution is -2.20. The molecule has 0 bridgehead atoms. The number of benzene rings is 1. The predicted octanol–water partition coefficient (Wildman–Crippen LogP) is 3.14. The monoisotopic (exact) mass is 331 g/mol. The van der Waals surface area contributed by atoms with Crippen LogP contribution in [0.4, 0.5) is 18.3 Å². The highest BCUT2D eigenvalue weighted by atomic mass is 32.1. The normalized spacial score (nSPS) is 11.3. The summed E-state index contributed by atoms with van der Waals surface area (Å²) in [6, 6.07) is 4.34. The smallest absolute Gasteiger partial charge is 0.416 e. The van der Waals surface area contributed by atoms with Gasteiger partial charge in [0, 0.05) is 0 Å². The fraction of sp³-hybridized carbons (Fsp3) is 0.308. The number of carbonyl (C=O) groups excluding carboxylic acids is 1. The molecule has 1 aromatic heterocycles. The molecule has 1 aromatic carbocycles. The van der Waals surface area contributed by atoms with E-state index in [0.29, 0.717) is 11.6 Å². The standard InChI is InChI=1S/C13H12F3N3O2S/c1-2-11-18-19-12(22-11)17-10(20)7-21-9-5-3-4-8(6-9)13(14,15)16/h3-6H,2,7H2,1H3,(H,17,19,20). The fourth-order valence-electron chi connectivity index (χ4n) is 1.51. The molecule has 0 aliphatic rings. The topological polar surface area (TPSA) is 64.1 Å². The summed E-state index contributed by atoms with van der Waals surface area (Å²) < 4.78 is 42.7. The minimum Gasteiger partial charge on any atom is -0.484 e. The molecule has 2 rings (SSSR count). The Labute approximate surface area is 128 Å². The molecule has 0 aliphatic carbocycles. The minimum atomic E-state index is -4.45. The molecule has 0 spiro atoms. The van der Waals surface area contributed by atoms with Gasteiger partial charge < -0.3 is 4.74 Å². The molecule has 0 saturated heterocycles. The molecule has 5 nitrogen and oxygen atoms in total. The van der Waals surface area contributed by atoms with Crippen molar-refractivity contribution in [1.29, 1.82) is 0 Å². The van der Waals surface area contributed by atoms with Crippen molar-refractivity contribution in [1.82, 2.24) is 10.2 Å². The number of nitrogens with one attached hydrogen (secondary N) is 1. The lowest BCUT2D eigenvalue weighted by Gasteiger charge is -2.09. The van der Waals surface area contributed by atoms with Gasteiger partial charge in [0.15, 0.2) is 6.61 Å². The van der Waals surface area contributed by atoms with E-state index < -0.39 is 24.3 Å². The van der Waals surface area contributed by atoms with Gasteiger partial charge >= 0.3 is 6.18 Å². The van der Waals surface area contributed by atoms with E-state index in [-0.39, 0.29) is 5.75 Å². The minimum absolute atomic E-state index is 0.0310. The van der Waals surface area contributed by atoms with Crippen molar-refractivity contribution < 1.29 is 22.7 Å². The quantitative estimate of drug-likeness (QED) is 0.914. The highest BCUT2D eigenvalue weighted by Gasteiger charge is 2.30. The summed E-state index contributed by atoms with van der Waals surface area (Å²) in [5.74, 6) is -0.548. The largest absolute Gasteiger partial charge is 0.484 e. The second-order valence-corrected chi connectivity index (χ2v) is 5.28. The van der Waals surface area contributed by atoms with E-state index in [4.69, 9.17) is 4.74 Å². The first kappa shape index (κ1) is 16.2. The third-order valence-corrected chi connectivity index (χ3v) is 3.53. The van der Waals surface area contributed by atoms with Crippen molar-refractivity contribution in [3.05, 3.63) is 34.8 Å². The summed E-state index contributed by atoms with van der Waals surface area (Å²) >= 11 is 1.23. The molecule has 0 radical (unpaired) electrons. The van der Waals surface area contributed by atoms with Gasteiger partial charge in [-0.25, -0.2) is 0 Å². The van der Waals surface area contributed by atoms with E-state index in [9.17, 15) is 18.0 Å². The Morgan fingerprint density at radius 1 is 1.36 bits per heavy atom. The molecular weight excluding hydrogens is 319 g/mol. The molecule has 0 unspecified atom stereocenters. The second-order valence-electron chi connectivity index (χ2n) is 4.22. The van der Waals surface area contributed by atoms with Crippen LogP contribution < -0.4 is 10.1 Å². The highest BCUT2D eigenvalue weighted by Crippen LogP contribution is 2.31. The maximum atomic E-state index is 12.5. The van der Waals surface area contributed by atoms with Gasteiger partial charge in [0.05, 0.1) is 5.56 Å². The number of rotatable bonds is 5. The summed E-state index contributed by atoms with van der Waals surface area (Å²) in [4.78, 5) is 11.6. The number of carbonyl (C=O) groups is 1. The summed E-state index contributed by atoms with van der Waals surface area (Å²) in [6.07, 6.45) is -3.75. The van der Waals surface area contributed by atoms with Crippen LogP contribution in [0.1, 0.15) is 17.5 Å². The van der Waals surface area contributed by atoms with Crippen LogP contribution in [0.3, 0.4) is 0 Å². The molecule has 0 atom stereocenters. The Balaban J connectivity index is 1.91. The van der Waals surface area contributed by atoms with Gasteiger partial charge in [-0.15, -0.1) is 10.2 Å². The van der Waals surface area contributed by atoms with Gasteiger partial charge in [-0.05, 0) is 24.6 Å². The molecule has 1 N–H and O–H groups in total. The molecule has 9 heteroatoms. The van der Waals surface area contributed by atoms with Crippen molar-refractivity contribution in [3.63, 3.8) is 0 Å². The maximum absolute atomic E-state index is 12.5. The van der Waals surface area contributed by atoms with Crippen LogP contribution >= 0.6 is 11.3 Å². The number of alkyl halides is 3. The molecule has 22 heavy (non-hydrogen) atoms. The van der Waals surface area contributed by atoms with Gasteiger partial charge in [-0.2, -0.15) is 13.2 Å². The lowest BCUT2D eigenvalue weighted by atomic mass is 10.2. The molecule has 1 amide bonds. The van der Waals surface area contributed by atoms with Crippen molar-refractivity contribution >= 4 is 22.4 Å². The lowest BCUT2D eigenvalue weighted by molar-refractivity contribution is -0.137. The zero-order valence-corrected chi connectivity index (χ0v) is 12.3. The third-order valence-electron chi connectivity index (χ3n) is 2.55. The van der Waals surface area contributed by atoms with Gasteiger partial charge in [0.1, 0.15) is 10.8 Å². The van der Waals surface area contributed by atoms with E-state index in [1.807, 2.05) is 6.92 Å². The number of aryl methyl sites for hydroxylation is 1. The zero-order valence-electron chi connectivity index (χ0n) is 11.5. The van der Waals surface area contributed by atoms with Crippen LogP contribution in [-0.4, -0.2) is 22.7 Å². The van der Waals surface area contributed by atoms with Crippen molar-refractivity contribution in [2.45, 2.75) is 19.5 Å². The third kappa shape index (κ3) is 4.42. The van der Waals surface area contributed by atoms with E-state index in [1.54, 1.807) is 0 Å².